The van der Waals surface area contributed by atoms with E-state index in [4.69, 9.17) is 71.1 Å². The summed E-state index contributed by atoms with van der Waals surface area (Å²) >= 11 is 0. The zero-order valence-corrected chi connectivity index (χ0v) is 57.7. The second-order valence-electron chi connectivity index (χ2n) is 30.7. The molecule has 0 bridgehead atoms. The summed E-state index contributed by atoms with van der Waals surface area (Å²) in [5.74, 6) is -0.684. The molecule has 11 aliphatic rings. The maximum absolute atomic E-state index is 14.6. The normalized spacial score (nSPS) is 52.8. The summed E-state index contributed by atoms with van der Waals surface area (Å²) in [5, 5.41) is 180. The molecule has 1 spiro atoms. The molecule has 568 valence electrons. The predicted octanol–water partition coefficient (Wildman–Crippen LogP) is -4.11. The van der Waals surface area contributed by atoms with Crippen molar-refractivity contribution in [2.24, 2.45) is 39.4 Å². The molecule has 7 heterocycles. The SMILES string of the molecule is CO[C@@H]1[C@@H](O)[C@H](O[C@@H]2[C@@H](O)[C@H](O[C@H]3[C@H](O)[C@@H](O)[C@H](O[C@H]4[C@H](O[C@H]5CC[C@]6(C)C7=C[C@H](O)[C@]89C(=O)O[C@@](C)(CCC=C(C)C)[C@H]8CC[C@@]9(C)[C@@H]7CC[C@H]6C5(C)C)OC[C@@H](O[C@@H]5O[C@H](CO)[C@@H](O)[C@H](O[C@@H]6O[C@H](CO)[C@@H](O)[C@H](OC)[C@H]6O)[C@H]5O)[C@@H]4O)O[C@@H]3C)O[C@H](CO)[C@H]2O)O[C@H](CO)[C@H]1O. The largest absolute Gasteiger partial charge is 0.458 e. The molecule has 0 amide bonds. The molecule has 0 aromatic rings. The number of rotatable bonds is 21. The number of hydrogen-bond donors (Lipinski definition) is 16. The molecule has 0 unspecified atom stereocenters. The van der Waals surface area contributed by atoms with E-state index in [0.717, 1.165) is 24.8 Å². The number of allylic oxidation sites excluding steroid dienone is 3. The molecule has 7 saturated heterocycles. The van der Waals surface area contributed by atoms with Gasteiger partial charge in [-0.3, -0.25) is 4.79 Å². The standard InChI is InChI=1S/C67H108O32/c1-26(2)12-11-17-66(8)36-15-19-65(7)28-13-14-35-63(4,5)38(16-18-64(35,6)29(28)20-37(72)67(36,65)62(84)99-66)94-61-55(43(77)34(25-87-61)93-57-48(82)53(41(75)32(23-70)89-57)96-58-46(80)51(85-9)39(73)30(21-68)90-58)98-56-45(79)44(78)50(27(3)88-56)95-60-49(83)54(42(76)33(24-71)92-60)97-59-47(81)52(86-10)40(74)31(22-69)91-59/h12,20,27-28,30-61,68-83H,11,13-19,21-25H2,1-10H3/t27-,28-,30-,31-,32-,33-,34-,35+,36-,37+,38+,39-,40-,41-,42-,43+,44-,45-,46-,47-,48-,49-,50-,51+,52+,53+,54+,55-,56+,57+,58+,59+,60+,61+,64-,65+,66+,67+/m1/s1. The van der Waals surface area contributed by atoms with Crippen LogP contribution in [0.4, 0.5) is 0 Å². The Labute approximate surface area is 574 Å². The lowest BCUT2D eigenvalue weighted by Crippen LogP contribution is -2.67. The number of carbonyl (C=O) groups is 1. The first-order chi connectivity index (χ1) is 46.8. The molecule has 3 saturated carbocycles. The van der Waals surface area contributed by atoms with Crippen LogP contribution < -0.4 is 0 Å². The molecule has 16 N–H and O–H groups in total. The number of cyclic esters (lactones) is 1. The van der Waals surface area contributed by atoms with Gasteiger partial charge in [-0.1, -0.05) is 51.0 Å². The second-order valence-corrected chi connectivity index (χ2v) is 30.7. The van der Waals surface area contributed by atoms with Crippen molar-refractivity contribution in [2.75, 3.05) is 47.3 Å². The molecule has 99 heavy (non-hydrogen) atoms. The molecule has 11 rings (SSSR count). The lowest BCUT2D eigenvalue weighted by atomic mass is 9.40. The first-order valence-corrected chi connectivity index (χ1v) is 34.8. The summed E-state index contributed by atoms with van der Waals surface area (Å²) in [6.45, 7) is 12.2. The van der Waals surface area contributed by atoms with E-state index in [-0.39, 0.29) is 23.7 Å². The van der Waals surface area contributed by atoms with Crippen LogP contribution >= 0.6 is 0 Å². The van der Waals surface area contributed by atoms with Crippen LogP contribution in [-0.4, -0.2) is 331 Å². The average molecular weight is 1430 g/mol. The van der Waals surface area contributed by atoms with Crippen LogP contribution in [0.5, 0.6) is 0 Å². The summed E-state index contributed by atoms with van der Waals surface area (Å²) in [7, 11) is 2.36. The van der Waals surface area contributed by atoms with Crippen LogP contribution in [-0.2, 0) is 75.8 Å². The lowest BCUT2D eigenvalue weighted by molar-refractivity contribution is -0.397. The van der Waals surface area contributed by atoms with Crippen molar-refractivity contribution in [1.82, 2.24) is 0 Å². The Morgan fingerprint density at radius 1 is 0.515 bits per heavy atom. The van der Waals surface area contributed by atoms with Gasteiger partial charge in [0, 0.05) is 20.1 Å². The summed E-state index contributed by atoms with van der Waals surface area (Å²) in [6, 6.07) is 0. The summed E-state index contributed by atoms with van der Waals surface area (Å²) in [5.41, 5.74) is -1.45. The van der Waals surface area contributed by atoms with Crippen molar-refractivity contribution in [2.45, 2.75) is 303 Å². The zero-order valence-electron chi connectivity index (χ0n) is 57.7. The van der Waals surface area contributed by atoms with Crippen LogP contribution in [0.15, 0.2) is 23.3 Å². The van der Waals surface area contributed by atoms with Crippen molar-refractivity contribution in [1.29, 1.82) is 0 Å². The Morgan fingerprint density at radius 3 is 1.49 bits per heavy atom. The Balaban J connectivity index is 0.840. The van der Waals surface area contributed by atoms with E-state index < -0.39 is 251 Å². The number of esters is 1. The number of ether oxygens (including phenoxy) is 15. The van der Waals surface area contributed by atoms with Gasteiger partial charge >= 0.3 is 5.97 Å². The maximum Gasteiger partial charge on any atom is 0.316 e. The highest BCUT2D eigenvalue weighted by atomic mass is 16.8. The minimum absolute atomic E-state index is 0.0491. The third-order valence-corrected chi connectivity index (χ3v) is 24.6. The zero-order chi connectivity index (χ0) is 72.1. The third kappa shape index (κ3) is 13.4. The molecule has 10 fully saturated rings. The van der Waals surface area contributed by atoms with Gasteiger partial charge in [0.15, 0.2) is 37.7 Å². The average Bonchev–Trinajstić information content (AvgIpc) is 1.53. The van der Waals surface area contributed by atoms with Crippen LogP contribution in [0, 0.1) is 39.4 Å². The van der Waals surface area contributed by atoms with E-state index in [1.807, 2.05) is 26.8 Å². The summed E-state index contributed by atoms with van der Waals surface area (Å²) < 4.78 is 90.2. The molecular weight excluding hydrogens is 1320 g/mol. The fourth-order valence-electron chi connectivity index (χ4n) is 19.2. The highest BCUT2D eigenvalue weighted by Gasteiger charge is 2.79. The Kier molecular flexibility index (Phi) is 23.7. The molecular formula is C67H108O32. The number of hydrogen-bond acceptors (Lipinski definition) is 32. The van der Waals surface area contributed by atoms with E-state index in [1.165, 1.54) is 26.7 Å². The summed E-state index contributed by atoms with van der Waals surface area (Å²) in [6.07, 6.45) is -41.7. The third-order valence-electron chi connectivity index (χ3n) is 24.6. The first kappa shape index (κ1) is 77.8. The highest BCUT2D eigenvalue weighted by Crippen LogP contribution is 2.76. The first-order valence-electron chi connectivity index (χ1n) is 34.8. The van der Waals surface area contributed by atoms with Crippen molar-refractivity contribution < 1.29 is 158 Å². The molecule has 0 aromatic carbocycles. The number of aliphatic hydroxyl groups excluding tert-OH is 16. The van der Waals surface area contributed by atoms with Gasteiger partial charge in [-0.2, -0.15) is 0 Å². The second kappa shape index (κ2) is 30.2. The van der Waals surface area contributed by atoms with Crippen LogP contribution in [0.1, 0.15) is 107 Å². The number of aliphatic hydroxyl groups is 16. The van der Waals surface area contributed by atoms with Crippen LogP contribution in [0.25, 0.3) is 0 Å². The Hall–Kier alpha value is -2.25. The molecule has 0 radical (unpaired) electrons. The van der Waals surface area contributed by atoms with Crippen LogP contribution in [0.3, 0.4) is 0 Å². The van der Waals surface area contributed by atoms with Gasteiger partial charge in [0.25, 0.3) is 0 Å². The molecule has 7 aliphatic heterocycles. The Morgan fingerprint density at radius 2 is 0.990 bits per heavy atom. The van der Waals surface area contributed by atoms with Gasteiger partial charge in [0.1, 0.15) is 145 Å². The minimum atomic E-state index is -2.08. The number of carbonyl (C=O) groups excluding carboxylic acids is 1. The van der Waals surface area contributed by atoms with Gasteiger partial charge in [0.2, 0.25) is 0 Å². The molecule has 38 atom stereocenters. The van der Waals surface area contributed by atoms with E-state index >= 15 is 0 Å². The molecule has 32 heteroatoms. The molecule has 32 nitrogen and oxygen atoms in total. The topological polar surface area (TPSA) is 479 Å². The van der Waals surface area contributed by atoms with E-state index in [0.29, 0.717) is 32.1 Å². The van der Waals surface area contributed by atoms with Gasteiger partial charge in [0.05, 0.1) is 51.3 Å². The van der Waals surface area contributed by atoms with Gasteiger partial charge < -0.3 is 153 Å². The number of fused-ring (bicyclic) bond motifs is 4. The smallest absolute Gasteiger partial charge is 0.316 e. The van der Waals surface area contributed by atoms with E-state index in [1.54, 1.807) is 0 Å². The quantitative estimate of drug-likeness (QED) is 0.0295. The van der Waals surface area contributed by atoms with E-state index in [9.17, 15) is 86.5 Å². The van der Waals surface area contributed by atoms with Crippen molar-refractivity contribution in [3.8, 4) is 0 Å². The minimum Gasteiger partial charge on any atom is -0.458 e. The maximum atomic E-state index is 14.6. The van der Waals surface area contributed by atoms with Crippen molar-refractivity contribution >= 4 is 5.97 Å². The van der Waals surface area contributed by atoms with Gasteiger partial charge in [-0.25, -0.2) is 0 Å². The van der Waals surface area contributed by atoms with Gasteiger partial charge in [-0.15, -0.1) is 0 Å². The molecule has 0 aromatic heterocycles. The predicted molar refractivity (Wildman–Crippen MR) is 332 cm³/mol. The monoisotopic (exact) mass is 1420 g/mol. The number of methoxy groups -OCH3 is 2. The lowest BCUT2D eigenvalue weighted by Gasteiger charge is -2.64. The van der Waals surface area contributed by atoms with Crippen molar-refractivity contribution in [3.05, 3.63) is 23.3 Å². The summed E-state index contributed by atoms with van der Waals surface area (Å²) in [4.78, 5) is 14.6. The van der Waals surface area contributed by atoms with E-state index in [2.05, 4.69) is 33.8 Å². The Bertz CT molecular complexity index is 2800. The van der Waals surface area contributed by atoms with Crippen LogP contribution in [0.2, 0.25) is 0 Å². The van der Waals surface area contributed by atoms with Crippen molar-refractivity contribution in [3.63, 3.8) is 0 Å². The molecule has 4 aliphatic carbocycles. The highest BCUT2D eigenvalue weighted by molar-refractivity contribution is 5.84. The fourth-order valence-corrected chi connectivity index (χ4v) is 19.2. The van der Waals surface area contributed by atoms with Gasteiger partial charge in [-0.05, 0) is 107 Å². The fraction of sp³-hybridized carbons (Fsp3) is 0.925.